The number of hydrogen-bond donors (Lipinski definition) is 1. The number of phenols is 1. The predicted octanol–water partition coefficient (Wildman–Crippen LogP) is 3.43. The molecule has 0 radical (unpaired) electrons. The molecule has 0 unspecified atom stereocenters. The summed E-state index contributed by atoms with van der Waals surface area (Å²) < 4.78 is 72.8. The number of benzene rings is 1. The van der Waals surface area contributed by atoms with Crippen LogP contribution in [0.4, 0.5) is 26.3 Å². The highest BCUT2D eigenvalue weighted by Gasteiger charge is 2.43. The highest BCUT2D eigenvalue weighted by Crippen LogP contribution is 2.41. The molecule has 1 rings (SSSR count). The van der Waals surface area contributed by atoms with Crippen molar-refractivity contribution in [2.24, 2.45) is 0 Å². The van der Waals surface area contributed by atoms with E-state index in [0.29, 0.717) is 6.07 Å². The molecule has 0 spiro atoms. The Balaban J connectivity index is 3.41. The summed E-state index contributed by atoms with van der Waals surface area (Å²) in [6, 6.07) is 0.791. The van der Waals surface area contributed by atoms with Gasteiger partial charge in [-0.25, -0.2) is 0 Å². The minimum Gasteiger partial charge on any atom is -0.508 e. The van der Waals surface area contributed by atoms with Gasteiger partial charge in [-0.05, 0) is 18.2 Å². The van der Waals surface area contributed by atoms with Crippen molar-refractivity contribution in [2.75, 3.05) is 0 Å². The molecule has 1 aromatic rings. The summed E-state index contributed by atoms with van der Waals surface area (Å²) in [6.07, 6.45) is -10.2. The molecule has 0 fully saturated rings. The van der Waals surface area contributed by atoms with Gasteiger partial charge in [0.05, 0.1) is 11.1 Å². The van der Waals surface area contributed by atoms with Gasteiger partial charge in [0, 0.05) is 0 Å². The maximum absolute atomic E-state index is 12.1. The topological polar surface area (TPSA) is 20.2 Å². The molecule has 1 N–H and O–H groups in total. The number of alkyl halides is 6. The van der Waals surface area contributed by atoms with Gasteiger partial charge in [0.15, 0.2) is 0 Å². The molecule has 0 aliphatic carbocycles. The van der Waals surface area contributed by atoms with Crippen molar-refractivity contribution in [3.8, 4) is 5.75 Å². The molecule has 0 atom stereocenters. The summed E-state index contributed by atoms with van der Waals surface area (Å²) in [5, 5.41) is 8.70. The van der Waals surface area contributed by atoms with Gasteiger partial charge in [-0.3, -0.25) is 0 Å². The molecule has 0 amide bonds. The van der Waals surface area contributed by atoms with Crippen molar-refractivity contribution in [2.45, 2.75) is 12.4 Å². The molecule has 1 nitrogen and oxygen atoms in total. The number of phenolic OH excluding ortho intramolecular Hbond substituents is 1. The second-order valence-corrected chi connectivity index (χ2v) is 2.73. The zero-order chi connectivity index (χ0) is 11.9. The van der Waals surface area contributed by atoms with Crippen molar-refractivity contribution >= 4 is 0 Å². The fourth-order valence-corrected chi connectivity index (χ4v) is 1.01. The Morgan fingerprint density at radius 2 is 1.27 bits per heavy atom. The SMILES string of the molecule is Oc1ccc(C(F)(F)F)c(C(F)(F)F)c1. The van der Waals surface area contributed by atoms with Crippen LogP contribution in [0.2, 0.25) is 0 Å². The van der Waals surface area contributed by atoms with Gasteiger partial charge >= 0.3 is 12.4 Å². The van der Waals surface area contributed by atoms with Crippen LogP contribution in [0, 0.1) is 0 Å². The molecule has 0 aromatic heterocycles. The Morgan fingerprint density at radius 1 is 0.800 bits per heavy atom. The third-order valence-electron chi connectivity index (χ3n) is 1.61. The fraction of sp³-hybridized carbons (Fsp3) is 0.250. The van der Waals surface area contributed by atoms with Gasteiger partial charge in [-0.1, -0.05) is 0 Å². The summed E-state index contributed by atoms with van der Waals surface area (Å²) in [5.41, 5.74) is -3.71. The van der Waals surface area contributed by atoms with Crippen LogP contribution in [0.1, 0.15) is 11.1 Å². The van der Waals surface area contributed by atoms with E-state index in [-0.39, 0.29) is 12.1 Å². The molecule has 1 aromatic carbocycles. The summed E-state index contributed by atoms with van der Waals surface area (Å²) >= 11 is 0. The maximum atomic E-state index is 12.1. The Bertz CT molecular complexity index is 364. The largest absolute Gasteiger partial charge is 0.508 e. The van der Waals surface area contributed by atoms with E-state index in [9.17, 15) is 26.3 Å². The monoisotopic (exact) mass is 230 g/mol. The number of aromatic hydroxyl groups is 1. The molecule has 0 aliphatic heterocycles. The Labute approximate surface area is 79.9 Å². The first-order chi connectivity index (χ1) is 6.62. The summed E-state index contributed by atoms with van der Waals surface area (Å²) in [7, 11) is 0. The molecule has 0 saturated carbocycles. The van der Waals surface area contributed by atoms with E-state index in [1.165, 1.54) is 0 Å². The second-order valence-electron chi connectivity index (χ2n) is 2.73. The van der Waals surface area contributed by atoms with Gasteiger partial charge in [0.1, 0.15) is 5.75 Å². The molecule has 15 heavy (non-hydrogen) atoms. The molecule has 0 aliphatic rings. The Morgan fingerprint density at radius 3 is 1.67 bits per heavy atom. The van der Waals surface area contributed by atoms with Crippen molar-refractivity contribution in [3.05, 3.63) is 29.3 Å². The molecule has 84 valence electrons. The summed E-state index contributed by atoms with van der Waals surface area (Å²) in [6.45, 7) is 0. The minimum atomic E-state index is -5.15. The Hall–Kier alpha value is -1.40. The second kappa shape index (κ2) is 3.32. The van der Waals surface area contributed by atoms with Crippen LogP contribution in [-0.2, 0) is 12.4 Å². The lowest BCUT2D eigenvalue weighted by Gasteiger charge is -2.15. The lowest BCUT2D eigenvalue weighted by Crippen LogP contribution is -2.16. The van der Waals surface area contributed by atoms with Gasteiger partial charge in [0.25, 0.3) is 0 Å². The quantitative estimate of drug-likeness (QED) is 0.677. The third-order valence-corrected chi connectivity index (χ3v) is 1.61. The Kier molecular flexibility index (Phi) is 2.58. The molecular weight excluding hydrogens is 226 g/mol. The van der Waals surface area contributed by atoms with Crippen LogP contribution < -0.4 is 0 Å². The number of hydrogen-bond acceptors (Lipinski definition) is 1. The first-order valence-electron chi connectivity index (χ1n) is 3.60. The smallest absolute Gasteiger partial charge is 0.417 e. The molecular formula is C8H4F6O. The van der Waals surface area contributed by atoms with Crippen LogP contribution in [0.3, 0.4) is 0 Å². The highest BCUT2D eigenvalue weighted by molar-refractivity contribution is 5.38. The summed E-state index contributed by atoms with van der Waals surface area (Å²) in [4.78, 5) is 0. The van der Waals surface area contributed by atoms with Crippen LogP contribution >= 0.6 is 0 Å². The van der Waals surface area contributed by atoms with Crippen LogP contribution in [0.15, 0.2) is 18.2 Å². The van der Waals surface area contributed by atoms with E-state index >= 15 is 0 Å². The van der Waals surface area contributed by atoms with E-state index in [1.807, 2.05) is 0 Å². The van der Waals surface area contributed by atoms with E-state index in [0.717, 1.165) is 0 Å². The number of halogens is 6. The fourth-order valence-electron chi connectivity index (χ4n) is 1.01. The molecule has 7 heteroatoms. The first kappa shape index (κ1) is 11.7. The highest BCUT2D eigenvalue weighted by atomic mass is 19.4. The standard InChI is InChI=1S/C8H4F6O/c9-7(10,11)5-2-1-4(15)3-6(5)8(12,13)14/h1-3,15H. The van der Waals surface area contributed by atoms with E-state index < -0.39 is 29.2 Å². The predicted molar refractivity (Wildman–Crippen MR) is 38.1 cm³/mol. The van der Waals surface area contributed by atoms with Gasteiger partial charge < -0.3 is 5.11 Å². The van der Waals surface area contributed by atoms with Crippen LogP contribution in [-0.4, -0.2) is 5.11 Å². The zero-order valence-corrected chi connectivity index (χ0v) is 6.95. The normalized spacial score (nSPS) is 12.9. The van der Waals surface area contributed by atoms with Gasteiger partial charge in [-0.15, -0.1) is 0 Å². The minimum absolute atomic E-state index is 0.0445. The molecule has 0 heterocycles. The van der Waals surface area contributed by atoms with E-state index in [4.69, 9.17) is 5.11 Å². The number of rotatable bonds is 0. The van der Waals surface area contributed by atoms with Gasteiger partial charge in [-0.2, -0.15) is 26.3 Å². The van der Waals surface area contributed by atoms with Crippen molar-refractivity contribution < 1.29 is 31.4 Å². The third kappa shape index (κ3) is 2.54. The zero-order valence-electron chi connectivity index (χ0n) is 6.95. The van der Waals surface area contributed by atoms with Crippen LogP contribution in [0.25, 0.3) is 0 Å². The average Bonchev–Trinajstić information content (AvgIpc) is 2.00. The molecule has 0 saturated heterocycles. The van der Waals surface area contributed by atoms with E-state index in [2.05, 4.69) is 0 Å². The van der Waals surface area contributed by atoms with Crippen molar-refractivity contribution in [1.82, 2.24) is 0 Å². The summed E-state index contributed by atoms with van der Waals surface area (Å²) in [5.74, 6) is -0.865. The lowest BCUT2D eigenvalue weighted by molar-refractivity contribution is -0.162. The average molecular weight is 230 g/mol. The van der Waals surface area contributed by atoms with Crippen LogP contribution in [0.5, 0.6) is 5.75 Å². The maximum Gasteiger partial charge on any atom is 0.417 e. The lowest BCUT2D eigenvalue weighted by atomic mass is 10.1. The first-order valence-corrected chi connectivity index (χ1v) is 3.60. The van der Waals surface area contributed by atoms with Gasteiger partial charge in [0.2, 0.25) is 0 Å². The van der Waals surface area contributed by atoms with Crippen molar-refractivity contribution in [1.29, 1.82) is 0 Å². The van der Waals surface area contributed by atoms with Crippen molar-refractivity contribution in [3.63, 3.8) is 0 Å². The molecule has 0 bridgehead atoms. The van der Waals surface area contributed by atoms with E-state index in [1.54, 1.807) is 0 Å².